The van der Waals surface area contributed by atoms with Crippen LogP contribution < -0.4 is 4.74 Å². The Morgan fingerprint density at radius 1 is 1.07 bits per heavy atom. The van der Waals surface area contributed by atoms with Crippen molar-refractivity contribution < 1.29 is 27.4 Å². The van der Waals surface area contributed by atoms with Gasteiger partial charge in [0.05, 0.1) is 19.8 Å². The predicted octanol–water partition coefficient (Wildman–Crippen LogP) is 5.70. The maximum atomic E-state index is 13.2. The SMILES string of the molecule is COC(=O)N(C)Cc1cc(C(F)(F)F)ccc1-c1cc(C(C)C)ccc1OC. The second kappa shape index (κ2) is 8.54. The van der Waals surface area contributed by atoms with Gasteiger partial charge in [-0.2, -0.15) is 13.2 Å². The van der Waals surface area contributed by atoms with Crippen LogP contribution in [-0.4, -0.2) is 32.3 Å². The fourth-order valence-electron chi connectivity index (χ4n) is 2.93. The van der Waals surface area contributed by atoms with Crippen LogP contribution in [-0.2, 0) is 17.5 Å². The Labute approximate surface area is 162 Å². The van der Waals surface area contributed by atoms with Crippen LogP contribution in [0.2, 0.25) is 0 Å². The van der Waals surface area contributed by atoms with Gasteiger partial charge in [-0.05, 0) is 46.9 Å². The average molecular weight is 395 g/mol. The van der Waals surface area contributed by atoms with E-state index in [2.05, 4.69) is 4.74 Å². The number of methoxy groups -OCH3 is 2. The number of amides is 1. The molecule has 0 radical (unpaired) electrons. The number of nitrogens with zero attached hydrogens (tertiary/aromatic N) is 1. The van der Waals surface area contributed by atoms with E-state index in [1.165, 1.54) is 32.2 Å². The van der Waals surface area contributed by atoms with E-state index in [0.29, 0.717) is 22.4 Å². The molecule has 0 spiro atoms. The fraction of sp³-hybridized carbons (Fsp3) is 0.381. The van der Waals surface area contributed by atoms with Gasteiger partial charge in [0.2, 0.25) is 0 Å². The third-order valence-electron chi connectivity index (χ3n) is 4.51. The molecule has 2 aromatic rings. The highest BCUT2D eigenvalue weighted by Gasteiger charge is 2.31. The molecule has 1 amide bonds. The summed E-state index contributed by atoms with van der Waals surface area (Å²) in [5, 5.41) is 0. The largest absolute Gasteiger partial charge is 0.496 e. The van der Waals surface area contributed by atoms with E-state index in [1.54, 1.807) is 6.07 Å². The molecule has 0 N–H and O–H groups in total. The number of rotatable bonds is 5. The van der Waals surface area contributed by atoms with Gasteiger partial charge >= 0.3 is 12.3 Å². The third kappa shape index (κ3) is 4.77. The summed E-state index contributed by atoms with van der Waals surface area (Å²) >= 11 is 0. The maximum absolute atomic E-state index is 13.2. The molecule has 0 aromatic heterocycles. The molecule has 0 fully saturated rings. The highest BCUT2D eigenvalue weighted by molar-refractivity contribution is 5.75. The Bertz CT molecular complexity index is 847. The number of hydrogen-bond acceptors (Lipinski definition) is 3. The standard InChI is InChI=1S/C21H24F3NO3/c1-13(2)14-6-9-19(27-4)18(11-14)17-8-7-16(21(22,23)24)10-15(17)12-25(3)20(26)28-5/h6-11,13H,12H2,1-5H3. The van der Waals surface area contributed by atoms with Crippen LogP contribution in [0.25, 0.3) is 11.1 Å². The van der Waals surface area contributed by atoms with Crippen LogP contribution >= 0.6 is 0 Å². The second-order valence-corrected chi connectivity index (χ2v) is 6.81. The van der Waals surface area contributed by atoms with Crippen molar-refractivity contribution in [2.75, 3.05) is 21.3 Å². The minimum atomic E-state index is -4.49. The van der Waals surface area contributed by atoms with Crippen LogP contribution in [0.5, 0.6) is 5.75 Å². The third-order valence-corrected chi connectivity index (χ3v) is 4.51. The van der Waals surface area contributed by atoms with Crippen LogP contribution in [0.15, 0.2) is 36.4 Å². The molecule has 0 bridgehead atoms. The predicted molar refractivity (Wildman–Crippen MR) is 101 cm³/mol. The monoisotopic (exact) mass is 395 g/mol. The number of benzene rings is 2. The minimum absolute atomic E-state index is 0.0407. The Hall–Kier alpha value is -2.70. The van der Waals surface area contributed by atoms with E-state index in [1.807, 2.05) is 26.0 Å². The molecule has 0 aliphatic heterocycles. The molecular weight excluding hydrogens is 371 g/mol. The first kappa shape index (κ1) is 21.6. The van der Waals surface area contributed by atoms with Gasteiger partial charge in [-0.1, -0.05) is 26.0 Å². The van der Waals surface area contributed by atoms with Gasteiger partial charge in [0.1, 0.15) is 5.75 Å². The molecule has 0 heterocycles. The van der Waals surface area contributed by atoms with Crippen molar-refractivity contribution in [3.8, 4) is 16.9 Å². The Kier molecular flexibility index (Phi) is 6.59. The lowest BCUT2D eigenvalue weighted by Gasteiger charge is -2.21. The fourth-order valence-corrected chi connectivity index (χ4v) is 2.93. The van der Waals surface area contributed by atoms with Crippen molar-refractivity contribution in [1.29, 1.82) is 0 Å². The zero-order valence-corrected chi connectivity index (χ0v) is 16.6. The first-order valence-corrected chi connectivity index (χ1v) is 8.76. The molecule has 0 aliphatic rings. The molecule has 0 atom stereocenters. The molecule has 28 heavy (non-hydrogen) atoms. The van der Waals surface area contributed by atoms with Crippen molar-refractivity contribution in [2.45, 2.75) is 32.5 Å². The molecule has 0 unspecified atom stereocenters. The second-order valence-electron chi connectivity index (χ2n) is 6.81. The number of carbonyl (C=O) groups is 1. The minimum Gasteiger partial charge on any atom is -0.496 e. The van der Waals surface area contributed by atoms with Gasteiger partial charge in [-0.25, -0.2) is 4.79 Å². The van der Waals surface area contributed by atoms with Gasteiger partial charge in [0.15, 0.2) is 0 Å². The number of ether oxygens (including phenoxy) is 2. The molecule has 4 nitrogen and oxygen atoms in total. The van der Waals surface area contributed by atoms with E-state index in [4.69, 9.17) is 4.74 Å². The summed E-state index contributed by atoms with van der Waals surface area (Å²) in [6.07, 6.45) is -5.12. The zero-order chi connectivity index (χ0) is 21.1. The molecule has 0 saturated heterocycles. The lowest BCUT2D eigenvalue weighted by atomic mass is 9.92. The highest BCUT2D eigenvalue weighted by Crippen LogP contribution is 2.38. The summed E-state index contributed by atoms with van der Waals surface area (Å²) in [4.78, 5) is 13.0. The van der Waals surface area contributed by atoms with E-state index in [9.17, 15) is 18.0 Å². The molecule has 0 saturated carbocycles. The van der Waals surface area contributed by atoms with Crippen LogP contribution in [0, 0.1) is 0 Å². The first-order valence-electron chi connectivity index (χ1n) is 8.76. The van der Waals surface area contributed by atoms with Crippen molar-refractivity contribution in [3.63, 3.8) is 0 Å². The van der Waals surface area contributed by atoms with Crippen LogP contribution in [0.1, 0.15) is 36.5 Å². The number of halogens is 3. The molecular formula is C21H24F3NO3. The molecule has 2 rings (SSSR count). The number of carbonyl (C=O) groups excluding carboxylic acids is 1. The smallest absolute Gasteiger partial charge is 0.416 e. The molecule has 7 heteroatoms. The average Bonchev–Trinajstić information content (AvgIpc) is 2.65. The van der Waals surface area contributed by atoms with Crippen molar-refractivity contribution >= 4 is 6.09 Å². The molecule has 0 aliphatic carbocycles. The lowest BCUT2D eigenvalue weighted by Crippen LogP contribution is -2.26. The Balaban J connectivity index is 2.66. The van der Waals surface area contributed by atoms with Gasteiger partial charge in [-0.3, -0.25) is 0 Å². The van der Waals surface area contributed by atoms with Gasteiger partial charge in [0.25, 0.3) is 0 Å². The van der Waals surface area contributed by atoms with Gasteiger partial charge < -0.3 is 14.4 Å². The summed E-state index contributed by atoms with van der Waals surface area (Å²) in [6, 6.07) is 9.17. The topological polar surface area (TPSA) is 38.8 Å². The zero-order valence-electron chi connectivity index (χ0n) is 16.6. The normalized spacial score (nSPS) is 11.5. The van der Waals surface area contributed by atoms with Crippen molar-refractivity contribution in [1.82, 2.24) is 4.90 Å². The molecule has 152 valence electrons. The highest BCUT2D eigenvalue weighted by atomic mass is 19.4. The van der Waals surface area contributed by atoms with Gasteiger partial charge in [0, 0.05) is 19.2 Å². The summed E-state index contributed by atoms with van der Waals surface area (Å²) in [6.45, 7) is 4.02. The first-order chi connectivity index (χ1) is 13.1. The quantitative estimate of drug-likeness (QED) is 0.652. The van der Waals surface area contributed by atoms with Crippen molar-refractivity contribution in [3.05, 3.63) is 53.1 Å². The van der Waals surface area contributed by atoms with Gasteiger partial charge in [-0.15, -0.1) is 0 Å². The van der Waals surface area contributed by atoms with E-state index >= 15 is 0 Å². The summed E-state index contributed by atoms with van der Waals surface area (Å²) in [5.74, 6) is 0.784. The summed E-state index contributed by atoms with van der Waals surface area (Å²) in [7, 11) is 4.21. The number of alkyl halides is 3. The molecule has 2 aromatic carbocycles. The van der Waals surface area contributed by atoms with Crippen molar-refractivity contribution in [2.24, 2.45) is 0 Å². The van der Waals surface area contributed by atoms with E-state index in [0.717, 1.165) is 17.7 Å². The Morgan fingerprint density at radius 3 is 2.29 bits per heavy atom. The van der Waals surface area contributed by atoms with Crippen LogP contribution in [0.4, 0.5) is 18.0 Å². The van der Waals surface area contributed by atoms with Crippen LogP contribution in [0.3, 0.4) is 0 Å². The maximum Gasteiger partial charge on any atom is 0.416 e. The Morgan fingerprint density at radius 2 is 1.75 bits per heavy atom. The number of hydrogen-bond donors (Lipinski definition) is 0. The van der Waals surface area contributed by atoms with E-state index < -0.39 is 17.8 Å². The summed E-state index contributed by atoms with van der Waals surface area (Å²) < 4.78 is 49.8. The lowest BCUT2D eigenvalue weighted by molar-refractivity contribution is -0.137. The van der Waals surface area contributed by atoms with E-state index in [-0.39, 0.29) is 12.5 Å². The summed E-state index contributed by atoms with van der Waals surface area (Å²) in [5.41, 5.74) is 1.85.